The number of rotatable bonds is 3. The van der Waals surface area contributed by atoms with E-state index in [2.05, 4.69) is 21.1 Å². The van der Waals surface area contributed by atoms with Gasteiger partial charge in [-0.3, -0.25) is 0 Å². The maximum atomic E-state index is 14.1. The third-order valence-electron chi connectivity index (χ3n) is 4.63. The molecule has 0 spiro atoms. The van der Waals surface area contributed by atoms with Gasteiger partial charge >= 0.3 is 12.1 Å². The van der Waals surface area contributed by atoms with E-state index in [9.17, 15) is 18.0 Å². The number of amidine groups is 1. The number of oxime groups is 1. The number of hydrogen-bond acceptors (Lipinski definition) is 5. The van der Waals surface area contributed by atoms with Crippen molar-refractivity contribution in [2.75, 3.05) is 19.1 Å². The summed E-state index contributed by atoms with van der Waals surface area (Å²) in [6, 6.07) is 8.30. The third-order valence-corrected chi connectivity index (χ3v) is 5.76. The molecule has 2 aromatic carbocycles. The number of carbonyl (C=O) groups excluding carboxylic acids is 1. The van der Waals surface area contributed by atoms with Gasteiger partial charge in [-0.15, -0.1) is 0 Å². The van der Waals surface area contributed by atoms with Crippen LogP contribution in [0, 0.1) is 0 Å². The number of halogens is 6. The molecule has 0 saturated heterocycles. The lowest BCUT2D eigenvalue weighted by molar-refractivity contribution is -0.275. The number of hydrogen-bond donors (Lipinski definition) is 0. The normalized spacial score (nSPS) is 18.6. The Morgan fingerprint density at radius 1 is 1.23 bits per heavy atom. The molecule has 1 aliphatic rings. The van der Waals surface area contributed by atoms with Crippen LogP contribution in [0.2, 0.25) is 10.0 Å². The standard InChI is InChI=1S/C19H14BrCl2F3N2O3/c1-27(13-3-4-15(20)14(8-13)17(28)29-2)16-9-18(30-26-16,19(23,24)25)10-5-11(21)7-12(22)6-10/h3-8H,9H2,1-2H3. The molecule has 0 saturated carbocycles. The van der Waals surface area contributed by atoms with Gasteiger partial charge in [0.15, 0.2) is 5.84 Å². The maximum absolute atomic E-state index is 14.1. The highest BCUT2D eigenvalue weighted by atomic mass is 79.9. The Morgan fingerprint density at radius 2 is 1.87 bits per heavy atom. The number of benzene rings is 2. The summed E-state index contributed by atoms with van der Waals surface area (Å²) in [5.74, 6) is -0.596. The fraction of sp³-hybridized carbons (Fsp3) is 0.263. The molecule has 11 heteroatoms. The van der Waals surface area contributed by atoms with Crippen LogP contribution in [0.25, 0.3) is 0 Å². The molecule has 1 atom stereocenters. The van der Waals surface area contributed by atoms with E-state index >= 15 is 0 Å². The first-order valence-electron chi connectivity index (χ1n) is 8.38. The molecule has 1 unspecified atom stereocenters. The van der Waals surface area contributed by atoms with Crippen molar-refractivity contribution in [3.05, 3.63) is 62.0 Å². The molecule has 0 fully saturated rings. The van der Waals surface area contributed by atoms with Crippen LogP contribution >= 0.6 is 39.1 Å². The molecule has 0 aromatic heterocycles. The number of anilines is 1. The second-order valence-corrected chi connectivity index (χ2v) is 8.20. The number of alkyl halides is 3. The predicted octanol–water partition coefficient (Wildman–Crippen LogP) is 6.17. The molecule has 2 aromatic rings. The maximum Gasteiger partial charge on any atom is 0.435 e. The van der Waals surface area contributed by atoms with Crippen LogP contribution in [0.5, 0.6) is 0 Å². The molecule has 0 aliphatic carbocycles. The zero-order valence-corrected chi connectivity index (χ0v) is 18.7. The van der Waals surface area contributed by atoms with E-state index in [1.807, 2.05) is 0 Å². The summed E-state index contributed by atoms with van der Waals surface area (Å²) in [5.41, 5.74) is -2.37. The molecule has 1 aliphatic heterocycles. The smallest absolute Gasteiger partial charge is 0.435 e. The zero-order chi connectivity index (χ0) is 22.3. The van der Waals surface area contributed by atoms with Crippen LogP contribution in [0.15, 0.2) is 46.0 Å². The van der Waals surface area contributed by atoms with Crippen molar-refractivity contribution in [1.29, 1.82) is 0 Å². The van der Waals surface area contributed by atoms with E-state index < -0.39 is 24.2 Å². The highest BCUT2D eigenvalue weighted by Gasteiger charge is 2.63. The van der Waals surface area contributed by atoms with E-state index in [-0.39, 0.29) is 27.0 Å². The minimum Gasteiger partial charge on any atom is -0.465 e. The Bertz CT molecular complexity index is 1010. The van der Waals surface area contributed by atoms with Crippen molar-refractivity contribution >= 4 is 56.6 Å². The summed E-state index contributed by atoms with van der Waals surface area (Å²) in [6.07, 6.45) is -5.42. The highest BCUT2D eigenvalue weighted by Crippen LogP contribution is 2.49. The lowest BCUT2D eigenvalue weighted by Gasteiger charge is -2.30. The van der Waals surface area contributed by atoms with Crippen molar-refractivity contribution < 1.29 is 27.5 Å². The number of esters is 1. The van der Waals surface area contributed by atoms with Gasteiger partial charge in [0.1, 0.15) is 0 Å². The van der Waals surface area contributed by atoms with Crippen molar-refractivity contribution in [1.82, 2.24) is 0 Å². The van der Waals surface area contributed by atoms with E-state index in [4.69, 9.17) is 32.8 Å². The fourth-order valence-corrected chi connectivity index (χ4v) is 3.93. The van der Waals surface area contributed by atoms with Gasteiger partial charge < -0.3 is 14.5 Å². The minimum atomic E-state index is -4.80. The first-order chi connectivity index (χ1) is 14.0. The number of nitrogens with zero attached hydrogens (tertiary/aromatic N) is 2. The van der Waals surface area contributed by atoms with Crippen molar-refractivity contribution in [3.8, 4) is 0 Å². The van der Waals surface area contributed by atoms with Gasteiger partial charge in [-0.05, 0) is 52.3 Å². The monoisotopic (exact) mass is 524 g/mol. The number of ether oxygens (including phenoxy) is 1. The average molecular weight is 526 g/mol. The van der Waals surface area contributed by atoms with Gasteiger partial charge in [-0.2, -0.15) is 13.2 Å². The van der Waals surface area contributed by atoms with Gasteiger partial charge in [-0.1, -0.05) is 28.4 Å². The molecule has 1 heterocycles. The molecular formula is C19H14BrCl2F3N2O3. The van der Waals surface area contributed by atoms with Crippen molar-refractivity contribution in [2.45, 2.75) is 18.2 Å². The Labute approximate surface area is 188 Å². The largest absolute Gasteiger partial charge is 0.465 e. The van der Waals surface area contributed by atoms with Crippen LogP contribution in [-0.4, -0.2) is 32.1 Å². The second-order valence-electron chi connectivity index (χ2n) is 6.47. The topological polar surface area (TPSA) is 51.1 Å². The van der Waals surface area contributed by atoms with Gasteiger partial charge in [0.2, 0.25) is 0 Å². The lowest BCUT2D eigenvalue weighted by atomic mass is 9.89. The summed E-state index contributed by atoms with van der Waals surface area (Å²) in [5, 5.41) is 3.78. The van der Waals surface area contributed by atoms with Crippen LogP contribution in [-0.2, 0) is 15.2 Å². The first kappa shape index (κ1) is 22.7. The summed E-state index contributed by atoms with van der Waals surface area (Å²) in [6.45, 7) is 0. The second kappa shape index (κ2) is 8.28. The minimum absolute atomic E-state index is 0.00145. The summed E-state index contributed by atoms with van der Waals surface area (Å²) in [4.78, 5) is 18.3. The molecule has 3 rings (SSSR count). The molecule has 30 heavy (non-hydrogen) atoms. The average Bonchev–Trinajstić information content (AvgIpc) is 3.13. The highest BCUT2D eigenvalue weighted by molar-refractivity contribution is 9.10. The van der Waals surface area contributed by atoms with Gasteiger partial charge in [0.25, 0.3) is 5.60 Å². The summed E-state index contributed by atoms with van der Waals surface area (Å²) in [7, 11) is 2.75. The van der Waals surface area contributed by atoms with E-state index in [0.29, 0.717) is 10.2 Å². The third kappa shape index (κ3) is 4.10. The summed E-state index contributed by atoms with van der Waals surface area (Å²) >= 11 is 15.1. The van der Waals surface area contributed by atoms with E-state index in [0.717, 1.165) is 12.1 Å². The molecule has 5 nitrogen and oxygen atoms in total. The summed E-state index contributed by atoms with van der Waals surface area (Å²) < 4.78 is 47.5. The fourth-order valence-electron chi connectivity index (χ4n) is 2.99. The van der Waals surface area contributed by atoms with Gasteiger partial charge in [-0.25, -0.2) is 4.79 Å². The van der Waals surface area contributed by atoms with Crippen molar-refractivity contribution in [3.63, 3.8) is 0 Å². The quantitative estimate of drug-likeness (QED) is 0.450. The predicted molar refractivity (Wildman–Crippen MR) is 111 cm³/mol. The molecule has 0 N–H and O–H groups in total. The van der Waals surface area contributed by atoms with E-state index in [1.54, 1.807) is 12.1 Å². The Morgan fingerprint density at radius 3 is 2.43 bits per heavy atom. The van der Waals surface area contributed by atoms with Crippen LogP contribution in [0.4, 0.5) is 18.9 Å². The van der Waals surface area contributed by atoms with Crippen LogP contribution in [0.3, 0.4) is 0 Å². The zero-order valence-electron chi connectivity index (χ0n) is 15.6. The Hall–Kier alpha value is -1.97. The number of carbonyl (C=O) groups is 1. The first-order valence-corrected chi connectivity index (χ1v) is 9.93. The van der Waals surface area contributed by atoms with Gasteiger partial charge in [0, 0.05) is 32.8 Å². The molecule has 160 valence electrons. The van der Waals surface area contributed by atoms with Crippen LogP contribution in [0.1, 0.15) is 22.3 Å². The van der Waals surface area contributed by atoms with Crippen LogP contribution < -0.4 is 4.90 Å². The van der Waals surface area contributed by atoms with E-state index in [1.165, 1.54) is 31.2 Å². The Balaban J connectivity index is 1.97. The SMILES string of the molecule is COC(=O)c1cc(N(C)C2=NOC(c3cc(Cl)cc(Cl)c3)(C(F)(F)F)C2)ccc1Br. The van der Waals surface area contributed by atoms with Gasteiger partial charge in [0.05, 0.1) is 19.1 Å². The molecule has 0 radical (unpaired) electrons. The molecular weight excluding hydrogens is 512 g/mol. The lowest BCUT2D eigenvalue weighted by Crippen LogP contribution is -2.44. The van der Waals surface area contributed by atoms with Crippen molar-refractivity contribution in [2.24, 2.45) is 5.16 Å². The molecule has 0 bridgehead atoms. The Kier molecular flexibility index (Phi) is 6.27. The number of methoxy groups -OCH3 is 1. The molecule has 0 amide bonds.